The van der Waals surface area contributed by atoms with Crippen LogP contribution in [0.3, 0.4) is 0 Å². The smallest absolute Gasteiger partial charge is 0.311 e. The van der Waals surface area contributed by atoms with E-state index in [4.69, 9.17) is 0 Å². The Bertz CT molecular complexity index is 343. The van der Waals surface area contributed by atoms with E-state index in [1.54, 1.807) is 0 Å². The second-order valence-electron chi connectivity index (χ2n) is 6.26. The van der Waals surface area contributed by atoms with Crippen molar-refractivity contribution in [3.05, 3.63) is 0 Å². The van der Waals surface area contributed by atoms with Crippen molar-refractivity contribution in [3.63, 3.8) is 0 Å². The second-order valence-corrected chi connectivity index (χ2v) is 6.26. The van der Waals surface area contributed by atoms with Gasteiger partial charge in [0.25, 0.3) is 0 Å². The molecule has 3 N–H and O–H groups in total. The van der Waals surface area contributed by atoms with Crippen molar-refractivity contribution >= 4 is 11.9 Å². The molecule has 1 unspecified atom stereocenters. The highest BCUT2D eigenvalue weighted by atomic mass is 16.4. The van der Waals surface area contributed by atoms with Crippen molar-refractivity contribution in [2.45, 2.75) is 51.4 Å². The van der Waals surface area contributed by atoms with E-state index >= 15 is 0 Å². The van der Waals surface area contributed by atoms with Crippen LogP contribution in [0.5, 0.6) is 0 Å². The molecule has 1 saturated heterocycles. The Hall–Kier alpha value is -1.10. The molecular formula is C15H26N2O3. The van der Waals surface area contributed by atoms with Crippen LogP contribution in [0.2, 0.25) is 0 Å². The Morgan fingerprint density at radius 1 is 1.15 bits per heavy atom. The van der Waals surface area contributed by atoms with Gasteiger partial charge in [-0.05, 0) is 32.2 Å². The summed E-state index contributed by atoms with van der Waals surface area (Å²) in [6.45, 7) is 1.98. The normalized spacial score (nSPS) is 26.5. The van der Waals surface area contributed by atoms with Gasteiger partial charge in [0.1, 0.15) is 0 Å². The van der Waals surface area contributed by atoms with E-state index in [2.05, 4.69) is 10.6 Å². The number of carboxylic acid groups (broad SMARTS) is 1. The van der Waals surface area contributed by atoms with E-state index in [9.17, 15) is 14.7 Å². The molecule has 5 heteroatoms. The van der Waals surface area contributed by atoms with Gasteiger partial charge in [-0.3, -0.25) is 9.59 Å². The Kier molecular flexibility index (Phi) is 5.40. The minimum atomic E-state index is -0.749. The second kappa shape index (κ2) is 7.07. The fraction of sp³-hybridized carbons (Fsp3) is 0.867. The highest BCUT2D eigenvalue weighted by Gasteiger charge is 2.39. The van der Waals surface area contributed by atoms with Crippen LogP contribution in [0.15, 0.2) is 0 Å². The SMILES string of the molecule is O=C(NCC1(C(=O)O)CCCCCC1)C1CCCNC1. The van der Waals surface area contributed by atoms with Crippen LogP contribution in [-0.4, -0.2) is 36.6 Å². The molecule has 0 aromatic carbocycles. The van der Waals surface area contributed by atoms with Crippen molar-refractivity contribution in [1.29, 1.82) is 0 Å². The molecule has 0 bridgehead atoms. The summed E-state index contributed by atoms with van der Waals surface area (Å²) < 4.78 is 0. The van der Waals surface area contributed by atoms with E-state index in [-0.39, 0.29) is 18.4 Å². The first kappa shape index (κ1) is 15.3. The van der Waals surface area contributed by atoms with Gasteiger partial charge in [-0.1, -0.05) is 25.7 Å². The zero-order valence-corrected chi connectivity index (χ0v) is 12.1. The number of hydrogen-bond donors (Lipinski definition) is 3. The van der Waals surface area contributed by atoms with E-state index in [0.29, 0.717) is 19.4 Å². The third-order valence-corrected chi connectivity index (χ3v) is 4.78. The van der Waals surface area contributed by atoms with Crippen LogP contribution < -0.4 is 10.6 Å². The number of aliphatic carboxylic acids is 1. The highest BCUT2D eigenvalue weighted by molar-refractivity contribution is 5.81. The van der Waals surface area contributed by atoms with E-state index < -0.39 is 11.4 Å². The highest BCUT2D eigenvalue weighted by Crippen LogP contribution is 2.35. The summed E-state index contributed by atoms with van der Waals surface area (Å²) in [6, 6.07) is 0. The largest absolute Gasteiger partial charge is 0.481 e. The molecule has 2 aliphatic rings. The maximum absolute atomic E-state index is 12.1. The predicted molar refractivity (Wildman–Crippen MR) is 76.4 cm³/mol. The van der Waals surface area contributed by atoms with Crippen LogP contribution in [0.25, 0.3) is 0 Å². The minimum Gasteiger partial charge on any atom is -0.481 e. The van der Waals surface area contributed by atoms with Crippen molar-refractivity contribution in [3.8, 4) is 0 Å². The molecule has 2 fully saturated rings. The molecule has 1 aliphatic carbocycles. The van der Waals surface area contributed by atoms with Gasteiger partial charge in [0, 0.05) is 13.1 Å². The fourth-order valence-electron chi connectivity index (χ4n) is 3.35. The molecule has 1 saturated carbocycles. The third kappa shape index (κ3) is 3.72. The first-order chi connectivity index (χ1) is 9.64. The Balaban J connectivity index is 1.91. The van der Waals surface area contributed by atoms with Crippen molar-refractivity contribution < 1.29 is 14.7 Å². The number of hydrogen-bond acceptors (Lipinski definition) is 3. The summed E-state index contributed by atoms with van der Waals surface area (Å²) in [7, 11) is 0. The number of amides is 1. The summed E-state index contributed by atoms with van der Waals surface area (Å²) in [5.41, 5.74) is -0.742. The molecule has 2 rings (SSSR count). The summed E-state index contributed by atoms with van der Waals surface area (Å²) >= 11 is 0. The maximum atomic E-state index is 12.1. The van der Waals surface area contributed by atoms with Crippen molar-refractivity contribution in [2.24, 2.45) is 11.3 Å². The molecular weight excluding hydrogens is 256 g/mol. The van der Waals surface area contributed by atoms with Gasteiger partial charge < -0.3 is 15.7 Å². The first-order valence-corrected chi connectivity index (χ1v) is 7.86. The van der Waals surface area contributed by atoms with Crippen LogP contribution in [0.4, 0.5) is 0 Å². The Morgan fingerprint density at radius 2 is 1.85 bits per heavy atom. The lowest BCUT2D eigenvalue weighted by Gasteiger charge is -2.30. The monoisotopic (exact) mass is 282 g/mol. The molecule has 0 spiro atoms. The van der Waals surface area contributed by atoms with E-state index in [1.165, 1.54) is 0 Å². The maximum Gasteiger partial charge on any atom is 0.311 e. The molecule has 5 nitrogen and oxygen atoms in total. The molecule has 0 radical (unpaired) electrons. The fourth-order valence-corrected chi connectivity index (χ4v) is 3.35. The summed E-state index contributed by atoms with van der Waals surface area (Å²) in [5, 5.41) is 15.7. The molecule has 20 heavy (non-hydrogen) atoms. The predicted octanol–water partition coefficient (Wildman–Crippen LogP) is 1.53. The molecule has 0 aromatic heterocycles. The minimum absolute atomic E-state index is 0.000345. The zero-order valence-electron chi connectivity index (χ0n) is 12.1. The number of carboxylic acids is 1. The van der Waals surface area contributed by atoms with Crippen molar-refractivity contribution in [1.82, 2.24) is 10.6 Å². The quantitative estimate of drug-likeness (QED) is 0.683. The summed E-state index contributed by atoms with van der Waals surface area (Å²) in [6.07, 6.45) is 7.41. The molecule has 1 heterocycles. The van der Waals surface area contributed by atoms with Crippen LogP contribution in [0.1, 0.15) is 51.4 Å². The summed E-state index contributed by atoms with van der Waals surface area (Å²) in [4.78, 5) is 23.8. The lowest BCUT2D eigenvalue weighted by Crippen LogP contribution is -2.47. The third-order valence-electron chi connectivity index (χ3n) is 4.78. The number of nitrogens with one attached hydrogen (secondary N) is 2. The Labute approximate surface area is 120 Å². The lowest BCUT2D eigenvalue weighted by atomic mass is 9.80. The molecule has 1 aliphatic heterocycles. The van der Waals surface area contributed by atoms with Gasteiger partial charge in [-0.25, -0.2) is 0 Å². The van der Waals surface area contributed by atoms with Gasteiger partial charge in [-0.15, -0.1) is 0 Å². The van der Waals surface area contributed by atoms with Crippen LogP contribution in [-0.2, 0) is 9.59 Å². The standard InChI is InChI=1S/C15H26N2O3/c18-13(12-6-5-9-16-10-12)17-11-15(14(19)20)7-3-1-2-4-8-15/h12,16H,1-11H2,(H,17,18)(H,19,20). The molecule has 0 aromatic rings. The number of carbonyl (C=O) groups excluding carboxylic acids is 1. The van der Waals surface area contributed by atoms with Gasteiger partial charge in [0.05, 0.1) is 11.3 Å². The Morgan fingerprint density at radius 3 is 2.40 bits per heavy atom. The van der Waals surface area contributed by atoms with Gasteiger partial charge in [0.15, 0.2) is 0 Å². The lowest BCUT2D eigenvalue weighted by molar-refractivity contribution is -0.150. The molecule has 114 valence electrons. The average molecular weight is 282 g/mol. The molecule has 1 amide bonds. The number of carbonyl (C=O) groups is 2. The van der Waals surface area contributed by atoms with Gasteiger partial charge >= 0.3 is 5.97 Å². The number of piperidine rings is 1. The van der Waals surface area contributed by atoms with Crippen molar-refractivity contribution in [2.75, 3.05) is 19.6 Å². The average Bonchev–Trinajstić information content (AvgIpc) is 2.72. The van der Waals surface area contributed by atoms with E-state index in [0.717, 1.165) is 45.1 Å². The number of rotatable bonds is 4. The summed E-state index contributed by atoms with van der Waals surface area (Å²) in [5.74, 6) is -0.732. The van der Waals surface area contributed by atoms with Crippen LogP contribution >= 0.6 is 0 Å². The topological polar surface area (TPSA) is 78.4 Å². The zero-order chi connectivity index (χ0) is 14.4. The van der Waals surface area contributed by atoms with Crippen LogP contribution in [0, 0.1) is 11.3 Å². The van der Waals surface area contributed by atoms with Gasteiger partial charge in [-0.2, -0.15) is 0 Å². The van der Waals surface area contributed by atoms with Gasteiger partial charge in [0.2, 0.25) is 5.91 Å². The first-order valence-electron chi connectivity index (χ1n) is 7.86. The van der Waals surface area contributed by atoms with E-state index in [1.807, 2.05) is 0 Å². The molecule has 1 atom stereocenters.